The van der Waals surface area contributed by atoms with Gasteiger partial charge < -0.3 is 0 Å². The molecule has 0 heteroatoms. The summed E-state index contributed by atoms with van der Waals surface area (Å²) in [7, 11) is 0. The maximum atomic E-state index is 3.52. The first kappa shape index (κ1) is 19.5. The lowest BCUT2D eigenvalue weighted by Crippen LogP contribution is -2.07. The van der Waals surface area contributed by atoms with Crippen molar-refractivity contribution in [1.82, 2.24) is 0 Å². The van der Waals surface area contributed by atoms with E-state index in [0.29, 0.717) is 0 Å². The SMILES string of the molecule is C=CC=C(C)C.CC1CCC/C=C\CC(C2=CC=CCC=C2)C1. The summed E-state index contributed by atoms with van der Waals surface area (Å²) in [6, 6.07) is 0. The summed E-state index contributed by atoms with van der Waals surface area (Å²) >= 11 is 0. The van der Waals surface area contributed by atoms with Gasteiger partial charge in [0.15, 0.2) is 0 Å². The fourth-order valence-electron chi connectivity index (χ4n) is 3.04. The zero-order chi connectivity index (χ0) is 16.9. The summed E-state index contributed by atoms with van der Waals surface area (Å²) < 4.78 is 0. The molecule has 2 unspecified atom stereocenters. The molecule has 0 aromatic heterocycles. The lowest BCUT2D eigenvalue weighted by atomic mass is 9.85. The second-order valence-corrected chi connectivity index (χ2v) is 6.89. The summed E-state index contributed by atoms with van der Waals surface area (Å²) in [4.78, 5) is 0. The Morgan fingerprint density at radius 2 is 2.00 bits per heavy atom. The first-order valence-corrected chi connectivity index (χ1v) is 9.07. The largest absolute Gasteiger partial charge is 0.0991 e. The molecule has 0 aromatic carbocycles. The molecule has 0 radical (unpaired) electrons. The van der Waals surface area contributed by atoms with E-state index in [1.165, 1.54) is 43.3 Å². The maximum Gasteiger partial charge on any atom is -0.0125 e. The Labute approximate surface area is 144 Å². The van der Waals surface area contributed by atoms with Crippen LogP contribution in [0.5, 0.6) is 0 Å². The summed E-state index contributed by atoms with van der Waals surface area (Å²) in [5.74, 6) is 1.58. The highest BCUT2D eigenvalue weighted by molar-refractivity contribution is 5.30. The molecule has 2 rings (SSSR count). The third-order valence-electron chi connectivity index (χ3n) is 4.27. The minimum Gasteiger partial charge on any atom is -0.0991 e. The molecule has 2 aliphatic rings. The molecule has 0 amide bonds. The summed E-state index contributed by atoms with van der Waals surface area (Å²) in [6.07, 6.45) is 27.6. The first-order valence-electron chi connectivity index (χ1n) is 9.07. The Morgan fingerprint density at radius 3 is 2.70 bits per heavy atom. The van der Waals surface area contributed by atoms with Crippen LogP contribution in [0.1, 0.15) is 59.3 Å². The standard InChI is InChI=1S/C17H24.C6H10/c1-15-10-6-2-3-9-13-17(14-15)16-11-7-4-5-8-12-16;1-4-5-6(2)3/h3-4,7-9,11-12,15,17H,2,5-6,10,13-14H2,1H3;4-5H,1H2,2-3H3/b9-3-;. The van der Waals surface area contributed by atoms with Crippen molar-refractivity contribution in [3.63, 3.8) is 0 Å². The van der Waals surface area contributed by atoms with Crippen LogP contribution in [-0.2, 0) is 0 Å². The topological polar surface area (TPSA) is 0 Å². The Bertz CT molecular complexity index is 478. The molecule has 0 nitrogen and oxygen atoms in total. The van der Waals surface area contributed by atoms with E-state index >= 15 is 0 Å². The van der Waals surface area contributed by atoms with Crippen molar-refractivity contribution in [3.05, 3.63) is 72.4 Å². The quantitative estimate of drug-likeness (QED) is 0.369. The highest BCUT2D eigenvalue weighted by atomic mass is 14.2. The number of rotatable bonds is 2. The Kier molecular flexibility index (Phi) is 10.1. The highest BCUT2D eigenvalue weighted by Gasteiger charge is 2.16. The predicted molar refractivity (Wildman–Crippen MR) is 105 cm³/mol. The van der Waals surface area contributed by atoms with Crippen LogP contribution < -0.4 is 0 Å². The van der Waals surface area contributed by atoms with Crippen molar-refractivity contribution in [1.29, 1.82) is 0 Å². The fourth-order valence-corrected chi connectivity index (χ4v) is 3.04. The zero-order valence-electron chi connectivity index (χ0n) is 15.3. The molecule has 0 spiro atoms. The van der Waals surface area contributed by atoms with Gasteiger partial charge in [-0.1, -0.05) is 80.2 Å². The van der Waals surface area contributed by atoms with Gasteiger partial charge in [0.2, 0.25) is 0 Å². The number of allylic oxidation sites excluding steroid dienone is 11. The molecule has 0 bridgehead atoms. The average Bonchev–Trinajstić information content (AvgIpc) is 2.73. The zero-order valence-corrected chi connectivity index (χ0v) is 15.3. The predicted octanol–water partition coefficient (Wildman–Crippen LogP) is 7.34. The molecule has 2 aliphatic carbocycles. The lowest BCUT2D eigenvalue weighted by molar-refractivity contribution is 0.411. The molecule has 126 valence electrons. The minimum atomic E-state index is 0.721. The number of hydrogen-bond donors (Lipinski definition) is 0. The van der Waals surface area contributed by atoms with Gasteiger partial charge in [-0.2, -0.15) is 0 Å². The average molecular weight is 311 g/mol. The maximum absolute atomic E-state index is 3.52. The van der Waals surface area contributed by atoms with Crippen LogP contribution in [0.3, 0.4) is 0 Å². The van der Waals surface area contributed by atoms with E-state index in [1.807, 2.05) is 19.9 Å². The third kappa shape index (κ3) is 9.23. The van der Waals surface area contributed by atoms with Gasteiger partial charge in [-0.15, -0.1) is 0 Å². The van der Waals surface area contributed by atoms with Gasteiger partial charge in [0.05, 0.1) is 0 Å². The molecule has 0 aliphatic heterocycles. The van der Waals surface area contributed by atoms with Gasteiger partial charge in [-0.05, 0) is 63.4 Å². The molecule has 2 atom stereocenters. The van der Waals surface area contributed by atoms with Crippen LogP contribution in [0.15, 0.2) is 72.4 Å². The molecular formula is C23H34. The molecule has 0 fully saturated rings. The van der Waals surface area contributed by atoms with Crippen LogP contribution in [0.25, 0.3) is 0 Å². The van der Waals surface area contributed by atoms with Crippen molar-refractivity contribution >= 4 is 0 Å². The van der Waals surface area contributed by atoms with Gasteiger partial charge >= 0.3 is 0 Å². The van der Waals surface area contributed by atoms with E-state index in [-0.39, 0.29) is 0 Å². The molecular weight excluding hydrogens is 276 g/mol. The monoisotopic (exact) mass is 310 g/mol. The first-order chi connectivity index (χ1) is 11.1. The Balaban J connectivity index is 0.000000379. The van der Waals surface area contributed by atoms with Crippen LogP contribution in [-0.4, -0.2) is 0 Å². The Hall–Kier alpha value is -1.56. The van der Waals surface area contributed by atoms with E-state index in [9.17, 15) is 0 Å². The lowest BCUT2D eigenvalue weighted by Gasteiger charge is -2.20. The van der Waals surface area contributed by atoms with Gasteiger partial charge in [0, 0.05) is 0 Å². The van der Waals surface area contributed by atoms with Crippen LogP contribution >= 0.6 is 0 Å². The smallest absolute Gasteiger partial charge is 0.0125 e. The van der Waals surface area contributed by atoms with Crippen LogP contribution in [0.4, 0.5) is 0 Å². The highest BCUT2D eigenvalue weighted by Crippen LogP contribution is 2.29. The normalized spacial score (nSPS) is 25.4. The summed E-state index contributed by atoms with van der Waals surface area (Å²) in [5, 5.41) is 0. The van der Waals surface area contributed by atoms with Crippen molar-refractivity contribution in [2.45, 2.75) is 59.3 Å². The van der Waals surface area contributed by atoms with E-state index in [0.717, 1.165) is 18.3 Å². The molecule has 23 heavy (non-hydrogen) atoms. The fraction of sp³-hybridized carbons (Fsp3) is 0.478. The summed E-state index contributed by atoms with van der Waals surface area (Å²) in [5.41, 5.74) is 2.82. The minimum absolute atomic E-state index is 0.721. The van der Waals surface area contributed by atoms with E-state index in [4.69, 9.17) is 0 Å². The van der Waals surface area contributed by atoms with Crippen LogP contribution in [0.2, 0.25) is 0 Å². The Morgan fingerprint density at radius 1 is 1.17 bits per heavy atom. The van der Waals surface area contributed by atoms with Crippen molar-refractivity contribution in [2.24, 2.45) is 11.8 Å². The van der Waals surface area contributed by atoms with Gasteiger partial charge in [0.25, 0.3) is 0 Å². The second kappa shape index (κ2) is 11.9. The van der Waals surface area contributed by atoms with Crippen molar-refractivity contribution in [2.75, 3.05) is 0 Å². The van der Waals surface area contributed by atoms with Crippen molar-refractivity contribution < 1.29 is 0 Å². The van der Waals surface area contributed by atoms with Gasteiger partial charge in [-0.25, -0.2) is 0 Å². The third-order valence-corrected chi connectivity index (χ3v) is 4.27. The van der Waals surface area contributed by atoms with Crippen molar-refractivity contribution in [3.8, 4) is 0 Å². The van der Waals surface area contributed by atoms with E-state index in [1.54, 1.807) is 6.08 Å². The summed E-state index contributed by atoms with van der Waals surface area (Å²) in [6.45, 7) is 10.0. The molecule has 0 aromatic rings. The molecule has 0 heterocycles. The van der Waals surface area contributed by atoms with Gasteiger partial charge in [-0.3, -0.25) is 0 Å². The van der Waals surface area contributed by atoms with E-state index in [2.05, 4.69) is 56.0 Å². The number of hydrogen-bond acceptors (Lipinski definition) is 0. The van der Waals surface area contributed by atoms with E-state index < -0.39 is 0 Å². The molecule has 0 saturated heterocycles. The molecule has 0 N–H and O–H groups in total. The second-order valence-electron chi connectivity index (χ2n) is 6.89. The molecule has 0 saturated carbocycles. The van der Waals surface area contributed by atoms with Gasteiger partial charge in [0.1, 0.15) is 0 Å². The van der Waals surface area contributed by atoms with Crippen LogP contribution in [0, 0.1) is 11.8 Å².